The van der Waals surface area contributed by atoms with Crippen molar-refractivity contribution in [3.63, 3.8) is 0 Å². The largest absolute Gasteiger partial charge is 0.478 e. The molecule has 0 radical (unpaired) electrons. The fourth-order valence-electron chi connectivity index (χ4n) is 0.916. The number of ether oxygens (including phenoxy) is 1. The van der Waals surface area contributed by atoms with Crippen LogP contribution >= 0.6 is 0 Å². The third kappa shape index (κ3) is 7.12. The van der Waals surface area contributed by atoms with Crippen molar-refractivity contribution in [1.82, 2.24) is 0 Å². The van der Waals surface area contributed by atoms with Crippen LogP contribution in [0.4, 0.5) is 0 Å². The summed E-state index contributed by atoms with van der Waals surface area (Å²) in [6.07, 6.45) is 3.35. The third-order valence-corrected chi connectivity index (χ3v) is 2.41. The van der Waals surface area contributed by atoms with E-state index in [9.17, 15) is 0 Å². The van der Waals surface area contributed by atoms with Gasteiger partial charge < -0.3 is 8.53 Å². The topological polar surface area (TPSA) is 18.5 Å². The van der Waals surface area contributed by atoms with E-state index in [0.29, 0.717) is 0 Å². The molecule has 0 aromatic heterocycles. The van der Waals surface area contributed by atoms with E-state index in [1.807, 2.05) is 0 Å². The molecule has 0 aliphatic carbocycles. The maximum Gasteiger partial charge on any atom is 0.455 e. The van der Waals surface area contributed by atoms with Gasteiger partial charge in [-0.3, -0.25) is 0 Å². The van der Waals surface area contributed by atoms with Crippen LogP contribution in [0.25, 0.3) is 0 Å². The predicted molar refractivity (Wildman–Crippen MR) is 53.5 cm³/mol. The summed E-state index contributed by atoms with van der Waals surface area (Å²) in [5.74, 6) is 4.34. The molecule has 0 heterocycles. The summed E-state index contributed by atoms with van der Waals surface area (Å²) in [7, 11) is 0. The fraction of sp³-hybridized carbons (Fsp3) is 1.00. The molecule has 1 unspecified atom stereocenters. The van der Waals surface area contributed by atoms with Gasteiger partial charge in [0, 0.05) is 6.61 Å². The maximum absolute atomic E-state index is 5.66. The van der Waals surface area contributed by atoms with E-state index < -0.39 is 14.5 Å². The van der Waals surface area contributed by atoms with Gasteiger partial charge in [-0.25, -0.2) is 0 Å². The quantitative estimate of drug-likeness (QED) is 0.347. The number of hydrogen-bond donors (Lipinski definition) is 0. The summed E-state index contributed by atoms with van der Waals surface area (Å²) < 4.78 is 11.2. The van der Waals surface area contributed by atoms with Gasteiger partial charge in [0.2, 0.25) is 0 Å². The molecule has 3 heteroatoms. The van der Waals surface area contributed by atoms with Crippen LogP contribution in [-0.2, 0) is 8.53 Å². The first kappa shape index (κ1) is 12.5. The molecule has 0 aromatic rings. The van der Waals surface area contributed by atoms with E-state index >= 15 is 0 Å². The lowest BCUT2D eigenvalue weighted by molar-refractivity contribution is -0.0841. The zero-order valence-electron chi connectivity index (χ0n) is 8.80. The lowest BCUT2D eigenvalue weighted by atomic mass is 10.4. The van der Waals surface area contributed by atoms with Gasteiger partial charge in [0.15, 0.2) is 0 Å². The van der Waals surface area contributed by atoms with E-state index in [1.54, 1.807) is 0 Å². The molecule has 0 amide bonds. The Hall–Kier alpha value is 0.452. The molecule has 0 fully saturated rings. The molecule has 2 nitrogen and oxygen atoms in total. The molecule has 0 rings (SSSR count). The Kier molecular flexibility index (Phi) is 8.37. The number of unbranched alkanes of at least 4 members (excludes halogenated alkanes) is 1. The van der Waals surface area contributed by atoms with Gasteiger partial charge in [-0.05, 0) is 12.8 Å². The highest BCUT2D eigenvalue weighted by Gasteiger charge is 2.12. The molecule has 72 valence electrons. The Morgan fingerprint density at radius 3 is 2.33 bits per heavy atom. The first-order chi connectivity index (χ1) is 5.70. The lowest BCUT2D eigenvalue weighted by Gasteiger charge is -2.18. The molecule has 0 aliphatic rings. The van der Waals surface area contributed by atoms with E-state index in [4.69, 9.17) is 8.53 Å². The maximum atomic E-state index is 5.66. The van der Waals surface area contributed by atoms with Gasteiger partial charge >= 0.3 is 14.5 Å². The van der Waals surface area contributed by atoms with Crippen molar-refractivity contribution >= 4 is 14.5 Å². The Morgan fingerprint density at radius 1 is 1.25 bits per heavy atom. The first-order valence-electron chi connectivity index (χ1n) is 4.97. The van der Waals surface area contributed by atoms with Crippen LogP contribution < -0.4 is 0 Å². The Bertz CT molecular complexity index is 96.5. The Balaban J connectivity index is 3.39. The van der Waals surface area contributed by atoms with Gasteiger partial charge in [0.25, 0.3) is 0 Å². The Labute approximate surface area is 81.0 Å². The highest BCUT2D eigenvalue weighted by atomic mass is 27.2. The average Bonchev–Trinajstić information content (AvgIpc) is 2.02. The number of hydrogen-bond acceptors (Lipinski definition) is 2. The molecular formula is C9H21AlO2. The molecule has 0 saturated heterocycles. The van der Waals surface area contributed by atoms with Gasteiger partial charge in [0.1, 0.15) is 6.29 Å². The van der Waals surface area contributed by atoms with Crippen molar-refractivity contribution in [3.05, 3.63) is 0 Å². The smallest absolute Gasteiger partial charge is 0.455 e. The Morgan fingerprint density at radius 2 is 1.92 bits per heavy atom. The highest BCUT2D eigenvalue weighted by Crippen LogP contribution is 2.03. The molecule has 0 aliphatic heterocycles. The van der Waals surface area contributed by atoms with Crippen molar-refractivity contribution in [2.24, 2.45) is 0 Å². The van der Waals surface area contributed by atoms with Crippen molar-refractivity contribution in [2.45, 2.75) is 51.0 Å². The van der Waals surface area contributed by atoms with E-state index in [2.05, 4.69) is 25.4 Å². The first-order valence-corrected chi connectivity index (χ1v) is 7.75. The van der Waals surface area contributed by atoms with E-state index in [-0.39, 0.29) is 6.29 Å². The minimum atomic E-state index is -0.923. The van der Waals surface area contributed by atoms with Gasteiger partial charge in [0.05, 0.1) is 0 Å². The van der Waals surface area contributed by atoms with E-state index in [1.165, 1.54) is 6.42 Å². The summed E-state index contributed by atoms with van der Waals surface area (Å²) in [6, 6.07) is 0. The zero-order valence-corrected chi connectivity index (χ0v) is 9.95. The second kappa shape index (κ2) is 8.07. The van der Waals surface area contributed by atoms with Crippen LogP contribution in [0.1, 0.15) is 33.1 Å². The normalized spacial score (nSPS) is 13.0. The predicted octanol–water partition coefficient (Wildman–Crippen LogP) is 2.81. The van der Waals surface area contributed by atoms with Crippen molar-refractivity contribution in [2.75, 3.05) is 6.61 Å². The molecule has 0 aromatic carbocycles. The van der Waals surface area contributed by atoms with Gasteiger partial charge in [-0.2, -0.15) is 0 Å². The summed E-state index contributed by atoms with van der Waals surface area (Å²) in [5, 5.41) is 0. The second-order valence-electron chi connectivity index (χ2n) is 3.25. The SMILES string of the molecule is CCCCOC(CC)[O][Al]([CH3])[CH3]. The standard InChI is InChI=1S/C7H15O2.2CH3.Al/c1-3-5-6-9-7(8)4-2;;;/h7H,3-6H2,1-2H3;2*1H3;/q-1;;;+1. The third-order valence-electron chi connectivity index (χ3n) is 1.56. The fourth-order valence-corrected chi connectivity index (χ4v) is 1.79. The molecule has 0 saturated carbocycles. The molecule has 0 bridgehead atoms. The molecule has 12 heavy (non-hydrogen) atoms. The van der Waals surface area contributed by atoms with Crippen LogP contribution in [0.5, 0.6) is 0 Å². The lowest BCUT2D eigenvalue weighted by Crippen LogP contribution is -2.23. The molecule has 0 spiro atoms. The van der Waals surface area contributed by atoms with Crippen molar-refractivity contribution in [1.29, 1.82) is 0 Å². The van der Waals surface area contributed by atoms with Crippen LogP contribution in [-0.4, -0.2) is 27.4 Å². The monoisotopic (exact) mass is 188 g/mol. The summed E-state index contributed by atoms with van der Waals surface area (Å²) >= 11 is -0.923. The summed E-state index contributed by atoms with van der Waals surface area (Å²) in [5.41, 5.74) is 0. The molecule has 0 N–H and O–H groups in total. The van der Waals surface area contributed by atoms with Crippen LogP contribution in [0.2, 0.25) is 11.6 Å². The highest BCUT2D eigenvalue weighted by molar-refractivity contribution is 6.48. The summed E-state index contributed by atoms with van der Waals surface area (Å²) in [4.78, 5) is 0. The van der Waals surface area contributed by atoms with Crippen molar-refractivity contribution in [3.8, 4) is 0 Å². The minimum Gasteiger partial charge on any atom is -0.478 e. The number of rotatable bonds is 7. The minimum absolute atomic E-state index is 0.0585. The van der Waals surface area contributed by atoms with E-state index in [0.717, 1.165) is 19.4 Å². The summed E-state index contributed by atoms with van der Waals surface area (Å²) in [6.45, 7) is 5.12. The second-order valence-corrected chi connectivity index (χ2v) is 5.62. The van der Waals surface area contributed by atoms with Gasteiger partial charge in [-0.1, -0.05) is 31.8 Å². The van der Waals surface area contributed by atoms with Crippen LogP contribution in [0, 0.1) is 0 Å². The molecular weight excluding hydrogens is 167 g/mol. The van der Waals surface area contributed by atoms with Crippen LogP contribution in [0.3, 0.4) is 0 Å². The van der Waals surface area contributed by atoms with Gasteiger partial charge in [-0.15, -0.1) is 0 Å². The van der Waals surface area contributed by atoms with Crippen LogP contribution in [0.15, 0.2) is 0 Å². The van der Waals surface area contributed by atoms with Crippen molar-refractivity contribution < 1.29 is 8.53 Å². The molecule has 1 atom stereocenters. The average molecular weight is 188 g/mol. The zero-order chi connectivity index (χ0) is 9.40.